The van der Waals surface area contributed by atoms with Crippen LogP contribution < -0.4 is 5.76 Å². The van der Waals surface area contributed by atoms with Gasteiger partial charge in [-0.05, 0) is 25.3 Å². The number of non-ortho nitro benzene ring substituents is 1. The van der Waals surface area contributed by atoms with Gasteiger partial charge in [-0.25, -0.2) is 4.79 Å². The number of piperidine rings is 1. The van der Waals surface area contributed by atoms with Crippen molar-refractivity contribution < 1.29 is 14.4 Å². The van der Waals surface area contributed by atoms with Gasteiger partial charge in [0.05, 0.1) is 22.7 Å². The molecule has 2 aliphatic rings. The summed E-state index contributed by atoms with van der Waals surface area (Å²) >= 11 is 0. The Morgan fingerprint density at radius 3 is 3.00 bits per heavy atom. The van der Waals surface area contributed by atoms with E-state index in [4.69, 9.17) is 4.42 Å². The number of nitro groups is 1. The van der Waals surface area contributed by atoms with Gasteiger partial charge in [-0.1, -0.05) is 12.8 Å². The molecule has 1 saturated carbocycles. The van der Waals surface area contributed by atoms with Crippen LogP contribution in [0.15, 0.2) is 27.4 Å². The normalized spacial score (nSPS) is 27.3. The van der Waals surface area contributed by atoms with E-state index in [1.165, 1.54) is 22.8 Å². The summed E-state index contributed by atoms with van der Waals surface area (Å²) in [5, 5.41) is 21.8. The van der Waals surface area contributed by atoms with Gasteiger partial charge in [-0.3, -0.25) is 19.6 Å². The van der Waals surface area contributed by atoms with Crippen molar-refractivity contribution in [2.45, 2.75) is 44.4 Å². The third-order valence-electron chi connectivity index (χ3n) is 5.71. The number of aromatic nitrogens is 1. The molecule has 1 aliphatic heterocycles. The standard InChI is InChI=1S/C17H21N3O5/c21-16-19(14-9-13(20(23)24)4-5-15(14)25-16)11-18-8-7-17(22)6-2-1-3-12(17)10-18/h4-5,9,12,22H,1-3,6-8,10-11H2. The summed E-state index contributed by atoms with van der Waals surface area (Å²) in [6, 6.07) is 4.17. The fourth-order valence-electron chi connectivity index (χ4n) is 4.27. The van der Waals surface area contributed by atoms with Crippen LogP contribution in [0.4, 0.5) is 5.69 Å². The number of benzene rings is 1. The molecule has 0 amide bonds. The maximum atomic E-state index is 12.2. The molecule has 1 aromatic heterocycles. The summed E-state index contributed by atoms with van der Waals surface area (Å²) in [5.74, 6) is -0.293. The Bertz CT molecular complexity index is 873. The van der Waals surface area contributed by atoms with Crippen LogP contribution in [0.3, 0.4) is 0 Å². The fourth-order valence-corrected chi connectivity index (χ4v) is 4.27. The van der Waals surface area contributed by atoms with E-state index >= 15 is 0 Å². The number of aliphatic hydroxyl groups is 1. The average Bonchev–Trinajstić information content (AvgIpc) is 2.90. The Morgan fingerprint density at radius 2 is 2.20 bits per heavy atom. The molecule has 0 radical (unpaired) electrons. The van der Waals surface area contributed by atoms with Crippen molar-refractivity contribution in [3.05, 3.63) is 38.9 Å². The molecule has 8 heteroatoms. The van der Waals surface area contributed by atoms with Gasteiger partial charge in [-0.15, -0.1) is 0 Å². The molecule has 2 aromatic rings. The van der Waals surface area contributed by atoms with Crippen LogP contribution in [-0.4, -0.2) is 38.2 Å². The molecule has 1 N–H and O–H groups in total. The van der Waals surface area contributed by atoms with Crippen LogP contribution in [-0.2, 0) is 6.67 Å². The third kappa shape index (κ3) is 2.85. The maximum absolute atomic E-state index is 12.2. The quantitative estimate of drug-likeness (QED) is 0.674. The first-order chi connectivity index (χ1) is 12.0. The van der Waals surface area contributed by atoms with Gasteiger partial charge in [0.15, 0.2) is 5.58 Å². The fraction of sp³-hybridized carbons (Fsp3) is 0.588. The molecule has 1 aliphatic carbocycles. The highest BCUT2D eigenvalue weighted by Gasteiger charge is 2.42. The maximum Gasteiger partial charge on any atom is 0.421 e. The van der Waals surface area contributed by atoms with Crippen molar-refractivity contribution in [1.82, 2.24) is 9.47 Å². The lowest BCUT2D eigenvalue weighted by Crippen LogP contribution is -2.53. The lowest BCUT2D eigenvalue weighted by molar-refractivity contribution is -0.384. The zero-order valence-electron chi connectivity index (χ0n) is 13.9. The minimum atomic E-state index is -0.572. The van der Waals surface area contributed by atoms with Crippen LogP contribution in [0.25, 0.3) is 11.1 Å². The number of nitrogens with zero attached hydrogens (tertiary/aromatic N) is 3. The summed E-state index contributed by atoms with van der Waals surface area (Å²) in [6.45, 7) is 1.74. The number of rotatable bonds is 3. The topological polar surface area (TPSA) is 102 Å². The zero-order valence-corrected chi connectivity index (χ0v) is 13.9. The van der Waals surface area contributed by atoms with Gasteiger partial charge in [0, 0.05) is 31.1 Å². The first-order valence-electron chi connectivity index (χ1n) is 8.69. The molecular formula is C17H21N3O5. The van der Waals surface area contributed by atoms with Gasteiger partial charge >= 0.3 is 5.76 Å². The number of hydrogen-bond acceptors (Lipinski definition) is 6. The summed E-state index contributed by atoms with van der Waals surface area (Å²) in [5.41, 5.74) is 0.143. The molecule has 134 valence electrons. The molecule has 2 heterocycles. The van der Waals surface area contributed by atoms with E-state index in [2.05, 4.69) is 4.90 Å². The Labute approximate surface area is 143 Å². The Morgan fingerprint density at radius 1 is 1.36 bits per heavy atom. The van der Waals surface area contributed by atoms with Gasteiger partial charge < -0.3 is 9.52 Å². The van der Waals surface area contributed by atoms with Gasteiger partial charge in [-0.2, -0.15) is 0 Å². The Balaban J connectivity index is 1.60. The molecule has 1 aromatic carbocycles. The molecule has 1 saturated heterocycles. The zero-order chi connectivity index (χ0) is 17.6. The third-order valence-corrected chi connectivity index (χ3v) is 5.71. The Hall–Kier alpha value is -2.19. The largest absolute Gasteiger partial charge is 0.421 e. The number of hydrogen-bond donors (Lipinski definition) is 1. The molecule has 2 atom stereocenters. The van der Waals surface area contributed by atoms with E-state index in [9.17, 15) is 20.0 Å². The number of nitro benzene ring substituents is 1. The highest BCUT2D eigenvalue weighted by molar-refractivity contribution is 5.75. The van der Waals surface area contributed by atoms with Gasteiger partial charge in [0.2, 0.25) is 0 Å². The molecule has 2 fully saturated rings. The predicted octanol–water partition coefficient (Wildman–Crippen LogP) is 2.09. The highest BCUT2D eigenvalue weighted by Crippen LogP contribution is 2.39. The molecule has 0 spiro atoms. The minimum absolute atomic E-state index is 0.0673. The van der Waals surface area contributed by atoms with E-state index < -0.39 is 16.3 Å². The van der Waals surface area contributed by atoms with Crippen LogP contribution in [0.5, 0.6) is 0 Å². The van der Waals surface area contributed by atoms with Crippen molar-refractivity contribution in [2.24, 2.45) is 5.92 Å². The van der Waals surface area contributed by atoms with Gasteiger partial charge in [0.25, 0.3) is 5.69 Å². The van der Waals surface area contributed by atoms with E-state index in [1.807, 2.05) is 0 Å². The van der Waals surface area contributed by atoms with E-state index in [-0.39, 0.29) is 11.6 Å². The van der Waals surface area contributed by atoms with Crippen molar-refractivity contribution in [3.8, 4) is 0 Å². The number of likely N-dealkylation sites (tertiary alicyclic amines) is 1. The molecular weight excluding hydrogens is 326 g/mol. The SMILES string of the molecule is O=c1oc2ccc([N+](=O)[O-])cc2n1CN1CCC2(O)CCCCC2C1. The van der Waals surface area contributed by atoms with Crippen LogP contribution in [0, 0.1) is 16.0 Å². The van der Waals surface area contributed by atoms with Crippen molar-refractivity contribution in [2.75, 3.05) is 13.1 Å². The van der Waals surface area contributed by atoms with Crippen LogP contribution in [0.1, 0.15) is 32.1 Å². The molecule has 8 nitrogen and oxygen atoms in total. The highest BCUT2D eigenvalue weighted by atomic mass is 16.6. The molecule has 2 unspecified atom stereocenters. The lowest BCUT2D eigenvalue weighted by atomic mass is 9.71. The van der Waals surface area contributed by atoms with E-state index in [0.717, 1.165) is 32.2 Å². The second kappa shape index (κ2) is 5.96. The van der Waals surface area contributed by atoms with Crippen LogP contribution >= 0.6 is 0 Å². The minimum Gasteiger partial charge on any atom is -0.408 e. The molecule has 4 rings (SSSR count). The summed E-state index contributed by atoms with van der Waals surface area (Å²) in [6.07, 6.45) is 4.75. The van der Waals surface area contributed by atoms with Crippen molar-refractivity contribution in [3.63, 3.8) is 0 Å². The second-order valence-electron chi connectivity index (χ2n) is 7.22. The number of oxazole rings is 1. The first-order valence-corrected chi connectivity index (χ1v) is 8.69. The summed E-state index contributed by atoms with van der Waals surface area (Å²) in [7, 11) is 0. The summed E-state index contributed by atoms with van der Waals surface area (Å²) in [4.78, 5) is 24.8. The van der Waals surface area contributed by atoms with Crippen LogP contribution in [0.2, 0.25) is 0 Å². The smallest absolute Gasteiger partial charge is 0.408 e. The summed E-state index contributed by atoms with van der Waals surface area (Å²) < 4.78 is 6.65. The van der Waals surface area contributed by atoms with Crippen molar-refractivity contribution in [1.29, 1.82) is 0 Å². The number of fused-ring (bicyclic) bond motifs is 2. The van der Waals surface area contributed by atoms with Gasteiger partial charge in [0.1, 0.15) is 0 Å². The second-order valence-corrected chi connectivity index (χ2v) is 7.22. The predicted molar refractivity (Wildman–Crippen MR) is 90.2 cm³/mol. The Kier molecular flexibility index (Phi) is 3.88. The first kappa shape index (κ1) is 16.3. The average molecular weight is 347 g/mol. The van der Waals surface area contributed by atoms with E-state index in [1.54, 1.807) is 0 Å². The van der Waals surface area contributed by atoms with E-state index in [0.29, 0.717) is 30.7 Å². The lowest BCUT2D eigenvalue weighted by Gasteiger charge is -2.47. The molecule has 25 heavy (non-hydrogen) atoms. The monoisotopic (exact) mass is 347 g/mol. The molecule has 0 bridgehead atoms. The van der Waals surface area contributed by atoms with Crippen molar-refractivity contribution >= 4 is 16.8 Å².